The van der Waals surface area contributed by atoms with Crippen molar-refractivity contribution in [3.63, 3.8) is 0 Å². The Bertz CT molecular complexity index is 963. The molecule has 2 aromatic carbocycles. The molecule has 0 saturated carbocycles. The largest absolute Gasteiger partial charge is 0.459 e. The second kappa shape index (κ2) is 8.01. The molecule has 5 nitrogen and oxygen atoms in total. The van der Waals surface area contributed by atoms with Crippen LogP contribution in [0.2, 0.25) is 0 Å². The van der Waals surface area contributed by atoms with Crippen LogP contribution in [0.1, 0.15) is 16.1 Å². The minimum Gasteiger partial charge on any atom is -0.459 e. The fraction of sp³-hybridized carbons (Fsp3) is 0.150. The number of benzene rings is 2. The van der Waals surface area contributed by atoms with Crippen LogP contribution in [0.3, 0.4) is 0 Å². The maximum absolute atomic E-state index is 12.3. The summed E-state index contributed by atoms with van der Waals surface area (Å²) < 4.78 is 29.7. The van der Waals surface area contributed by atoms with Gasteiger partial charge in [0.1, 0.15) is 0 Å². The molecule has 3 aromatic rings. The van der Waals surface area contributed by atoms with E-state index in [-0.39, 0.29) is 23.8 Å². The summed E-state index contributed by atoms with van der Waals surface area (Å²) in [5.41, 5.74) is 2.27. The third kappa shape index (κ3) is 4.61. The molecule has 0 radical (unpaired) electrons. The van der Waals surface area contributed by atoms with Crippen molar-refractivity contribution in [3.05, 3.63) is 84.3 Å². The maximum atomic E-state index is 12.3. The Morgan fingerprint density at radius 3 is 2.27 bits per heavy atom. The Hall–Kier alpha value is -2.86. The van der Waals surface area contributed by atoms with Crippen LogP contribution >= 0.6 is 0 Å². The van der Waals surface area contributed by atoms with Gasteiger partial charge in [-0.3, -0.25) is 4.79 Å². The fourth-order valence-electron chi connectivity index (χ4n) is 2.63. The molecule has 1 heterocycles. The highest BCUT2D eigenvalue weighted by molar-refractivity contribution is 7.90. The van der Waals surface area contributed by atoms with E-state index >= 15 is 0 Å². The molecular formula is C20H19NO4S. The molecule has 1 amide bonds. The smallest absolute Gasteiger partial charge is 0.287 e. The summed E-state index contributed by atoms with van der Waals surface area (Å²) in [6.07, 6.45) is 1.45. The topological polar surface area (TPSA) is 76.4 Å². The van der Waals surface area contributed by atoms with Gasteiger partial charge in [0.05, 0.1) is 17.8 Å². The van der Waals surface area contributed by atoms with E-state index in [0.717, 1.165) is 11.1 Å². The van der Waals surface area contributed by atoms with Gasteiger partial charge in [-0.2, -0.15) is 0 Å². The van der Waals surface area contributed by atoms with E-state index in [9.17, 15) is 13.2 Å². The first-order chi connectivity index (χ1) is 12.6. The highest BCUT2D eigenvalue weighted by Crippen LogP contribution is 2.24. The van der Waals surface area contributed by atoms with Crippen LogP contribution < -0.4 is 5.32 Å². The van der Waals surface area contributed by atoms with Gasteiger partial charge < -0.3 is 9.73 Å². The first-order valence-corrected chi connectivity index (χ1v) is 10.0. The minimum absolute atomic E-state index is 0.0307. The van der Waals surface area contributed by atoms with Gasteiger partial charge in [0.25, 0.3) is 5.91 Å². The molecule has 1 aromatic heterocycles. The van der Waals surface area contributed by atoms with E-state index in [0.29, 0.717) is 5.56 Å². The summed E-state index contributed by atoms with van der Waals surface area (Å²) in [7, 11) is -3.31. The Balaban J connectivity index is 1.59. The normalized spacial score (nSPS) is 11.2. The SMILES string of the molecule is O=C(NCCS(=O)(=O)Cc1ccccc1)c1occc1-c1ccccc1. The number of hydrogen-bond acceptors (Lipinski definition) is 4. The van der Waals surface area contributed by atoms with E-state index < -0.39 is 15.7 Å². The highest BCUT2D eigenvalue weighted by Gasteiger charge is 2.18. The van der Waals surface area contributed by atoms with Crippen molar-refractivity contribution in [2.75, 3.05) is 12.3 Å². The van der Waals surface area contributed by atoms with Crippen LogP contribution in [0.25, 0.3) is 11.1 Å². The van der Waals surface area contributed by atoms with Crippen molar-refractivity contribution in [1.29, 1.82) is 0 Å². The van der Waals surface area contributed by atoms with Gasteiger partial charge in [-0.05, 0) is 17.2 Å². The number of carbonyl (C=O) groups is 1. The van der Waals surface area contributed by atoms with Gasteiger partial charge >= 0.3 is 0 Å². The van der Waals surface area contributed by atoms with Crippen LogP contribution in [0.4, 0.5) is 0 Å². The Morgan fingerprint density at radius 1 is 0.923 bits per heavy atom. The molecular weight excluding hydrogens is 350 g/mol. The van der Waals surface area contributed by atoms with E-state index in [2.05, 4.69) is 5.32 Å². The summed E-state index contributed by atoms with van der Waals surface area (Å²) in [5.74, 6) is -0.421. The van der Waals surface area contributed by atoms with Crippen molar-refractivity contribution >= 4 is 15.7 Å². The molecule has 134 valence electrons. The zero-order valence-corrected chi connectivity index (χ0v) is 14.9. The standard InChI is InChI=1S/C20H19NO4S/c22-20(19-18(11-13-25-19)17-9-5-2-6-10-17)21-12-14-26(23,24)15-16-7-3-1-4-8-16/h1-11,13H,12,14-15H2,(H,21,22). The maximum Gasteiger partial charge on any atom is 0.287 e. The number of hydrogen-bond donors (Lipinski definition) is 1. The second-order valence-corrected chi connectivity index (χ2v) is 8.05. The van der Waals surface area contributed by atoms with E-state index in [1.54, 1.807) is 30.3 Å². The minimum atomic E-state index is -3.31. The summed E-state index contributed by atoms with van der Waals surface area (Å²) in [6.45, 7) is 0.0307. The molecule has 3 rings (SSSR count). The number of sulfone groups is 1. The van der Waals surface area contributed by atoms with Crippen molar-refractivity contribution in [3.8, 4) is 11.1 Å². The molecule has 0 aliphatic rings. The third-order valence-corrected chi connectivity index (χ3v) is 5.48. The number of rotatable bonds is 7. The lowest BCUT2D eigenvalue weighted by Gasteiger charge is -2.07. The predicted octanol–water partition coefficient (Wildman–Crippen LogP) is 3.29. The molecule has 0 spiro atoms. The Kier molecular flexibility index (Phi) is 5.53. The van der Waals surface area contributed by atoms with Crippen molar-refractivity contribution in [2.24, 2.45) is 0 Å². The molecule has 0 aliphatic carbocycles. The highest BCUT2D eigenvalue weighted by atomic mass is 32.2. The number of furan rings is 1. The van der Waals surface area contributed by atoms with E-state index in [1.807, 2.05) is 36.4 Å². The number of amides is 1. The monoisotopic (exact) mass is 369 g/mol. The van der Waals surface area contributed by atoms with Crippen LogP contribution in [0.5, 0.6) is 0 Å². The van der Waals surface area contributed by atoms with Crippen LogP contribution in [0.15, 0.2) is 77.4 Å². The average Bonchev–Trinajstić information content (AvgIpc) is 3.12. The van der Waals surface area contributed by atoms with E-state index in [1.165, 1.54) is 6.26 Å². The quantitative estimate of drug-likeness (QED) is 0.693. The third-order valence-electron chi connectivity index (χ3n) is 3.88. The first kappa shape index (κ1) is 17.9. The molecule has 0 atom stereocenters. The Morgan fingerprint density at radius 2 is 1.58 bits per heavy atom. The van der Waals surface area contributed by atoms with Crippen LogP contribution in [-0.2, 0) is 15.6 Å². The molecule has 0 bridgehead atoms. The van der Waals surface area contributed by atoms with Gasteiger partial charge in [-0.15, -0.1) is 0 Å². The van der Waals surface area contributed by atoms with Gasteiger partial charge in [0.15, 0.2) is 15.6 Å². The molecule has 1 N–H and O–H groups in total. The lowest BCUT2D eigenvalue weighted by atomic mass is 10.1. The summed E-state index contributed by atoms with van der Waals surface area (Å²) in [4.78, 5) is 12.3. The first-order valence-electron chi connectivity index (χ1n) is 8.21. The summed E-state index contributed by atoms with van der Waals surface area (Å²) in [5, 5.41) is 2.63. The molecule has 0 aliphatic heterocycles. The van der Waals surface area contributed by atoms with Crippen LogP contribution in [0, 0.1) is 0 Å². The lowest BCUT2D eigenvalue weighted by Crippen LogP contribution is -2.29. The zero-order chi connectivity index (χ0) is 18.4. The molecule has 0 fully saturated rings. The molecule has 26 heavy (non-hydrogen) atoms. The van der Waals surface area contributed by atoms with Crippen LogP contribution in [-0.4, -0.2) is 26.6 Å². The van der Waals surface area contributed by atoms with Crippen molar-refractivity contribution in [1.82, 2.24) is 5.32 Å². The predicted molar refractivity (Wildman–Crippen MR) is 100 cm³/mol. The van der Waals surface area contributed by atoms with Gasteiger partial charge in [0, 0.05) is 12.1 Å². The fourth-order valence-corrected chi connectivity index (χ4v) is 3.89. The average molecular weight is 369 g/mol. The van der Waals surface area contributed by atoms with Gasteiger partial charge in [-0.25, -0.2) is 8.42 Å². The van der Waals surface area contributed by atoms with Crippen molar-refractivity contribution in [2.45, 2.75) is 5.75 Å². The van der Waals surface area contributed by atoms with Gasteiger partial charge in [0.2, 0.25) is 0 Å². The lowest BCUT2D eigenvalue weighted by molar-refractivity contribution is 0.0929. The molecule has 6 heteroatoms. The summed E-state index contributed by atoms with van der Waals surface area (Å²) in [6, 6.07) is 20.1. The molecule has 0 saturated heterocycles. The number of carbonyl (C=O) groups excluding carboxylic acids is 1. The number of nitrogens with one attached hydrogen (secondary N) is 1. The summed E-state index contributed by atoms with van der Waals surface area (Å²) >= 11 is 0. The second-order valence-electron chi connectivity index (χ2n) is 5.86. The van der Waals surface area contributed by atoms with Gasteiger partial charge in [-0.1, -0.05) is 60.7 Å². The zero-order valence-electron chi connectivity index (χ0n) is 14.1. The Labute approximate surface area is 152 Å². The molecule has 0 unspecified atom stereocenters. The van der Waals surface area contributed by atoms with E-state index in [4.69, 9.17) is 4.42 Å². The van der Waals surface area contributed by atoms with Crippen molar-refractivity contribution < 1.29 is 17.6 Å².